The van der Waals surface area contributed by atoms with Crippen LogP contribution < -0.4 is 15.8 Å². The van der Waals surface area contributed by atoms with E-state index in [1.807, 2.05) is 0 Å². The number of nitrogens with zero attached hydrogens (tertiary/aromatic N) is 2. The molecule has 0 unspecified atom stereocenters. The molecular formula is C11H17N5O4S. The van der Waals surface area contributed by atoms with Crippen molar-refractivity contribution in [2.75, 3.05) is 18.8 Å². The lowest BCUT2D eigenvalue weighted by atomic mass is 10.2. The zero-order valence-electron chi connectivity index (χ0n) is 11.4. The topological polar surface area (TPSA) is 147 Å². The largest absolute Gasteiger partial charge is 0.409 e. The molecule has 0 saturated carbocycles. The average molecular weight is 315 g/mol. The Kier molecular flexibility index (Phi) is 6.06. The maximum absolute atomic E-state index is 11.7. The fraction of sp³-hybridized carbons (Fsp3) is 0.364. The second-order valence-electron chi connectivity index (χ2n) is 3.99. The van der Waals surface area contributed by atoms with Crippen LogP contribution in [0.1, 0.15) is 23.0 Å². The third-order valence-electron chi connectivity index (χ3n) is 2.42. The molecule has 0 aliphatic carbocycles. The highest BCUT2D eigenvalue weighted by molar-refractivity contribution is 7.89. The van der Waals surface area contributed by atoms with Gasteiger partial charge in [-0.3, -0.25) is 9.78 Å². The molecule has 0 fully saturated rings. The lowest BCUT2D eigenvalue weighted by Crippen LogP contribution is -2.34. The number of carbonyl (C=O) groups is 1. The van der Waals surface area contributed by atoms with Crippen LogP contribution in [-0.4, -0.2) is 49.2 Å². The van der Waals surface area contributed by atoms with Gasteiger partial charge in [-0.25, -0.2) is 13.1 Å². The Morgan fingerprint density at radius 2 is 2.19 bits per heavy atom. The molecule has 1 heterocycles. The Balaban J connectivity index is 2.57. The summed E-state index contributed by atoms with van der Waals surface area (Å²) in [4.78, 5) is 15.6. The Labute approximate surface area is 122 Å². The van der Waals surface area contributed by atoms with Crippen LogP contribution in [0.5, 0.6) is 0 Å². The van der Waals surface area contributed by atoms with Gasteiger partial charge < -0.3 is 16.3 Å². The van der Waals surface area contributed by atoms with Gasteiger partial charge in [0.2, 0.25) is 10.0 Å². The first-order valence-corrected chi connectivity index (χ1v) is 7.74. The summed E-state index contributed by atoms with van der Waals surface area (Å²) in [5, 5.41) is 13.7. The number of hydrogen-bond donors (Lipinski definition) is 4. The smallest absolute Gasteiger partial charge is 0.269 e. The number of aromatic nitrogens is 1. The summed E-state index contributed by atoms with van der Waals surface area (Å²) in [5.41, 5.74) is 5.83. The van der Waals surface area contributed by atoms with E-state index in [1.165, 1.54) is 18.3 Å². The molecule has 0 aromatic carbocycles. The zero-order chi connectivity index (χ0) is 15.9. The van der Waals surface area contributed by atoms with Gasteiger partial charge in [-0.15, -0.1) is 0 Å². The van der Waals surface area contributed by atoms with Gasteiger partial charge in [0.15, 0.2) is 5.84 Å². The SMILES string of the molecule is CCNS(=O)(=O)CCNC(=O)c1ccc(/C(N)=N/O)cn1. The van der Waals surface area contributed by atoms with Crippen LogP contribution in [0.2, 0.25) is 0 Å². The molecule has 9 nitrogen and oxygen atoms in total. The summed E-state index contributed by atoms with van der Waals surface area (Å²) in [5.74, 6) is -0.839. The fourth-order valence-corrected chi connectivity index (χ4v) is 2.37. The van der Waals surface area contributed by atoms with Gasteiger partial charge in [-0.05, 0) is 12.1 Å². The standard InChI is InChI=1S/C11H17N5O4S/c1-2-15-21(19,20)6-5-13-11(17)9-4-3-8(7-14-9)10(12)16-18/h3-4,7,15,18H,2,5-6H2,1H3,(H2,12,16)(H,13,17). The van der Waals surface area contributed by atoms with Gasteiger partial charge in [-0.1, -0.05) is 12.1 Å². The molecule has 0 radical (unpaired) electrons. The maximum atomic E-state index is 11.7. The van der Waals surface area contributed by atoms with E-state index in [2.05, 4.69) is 20.2 Å². The molecular weight excluding hydrogens is 298 g/mol. The minimum atomic E-state index is -3.38. The Morgan fingerprint density at radius 1 is 1.48 bits per heavy atom. The first-order valence-electron chi connectivity index (χ1n) is 6.09. The summed E-state index contributed by atoms with van der Waals surface area (Å²) >= 11 is 0. The molecule has 0 bridgehead atoms. The Hall–Kier alpha value is -2.20. The second kappa shape index (κ2) is 7.55. The first kappa shape index (κ1) is 16.9. The first-order chi connectivity index (χ1) is 9.89. The number of nitrogens with two attached hydrogens (primary N) is 1. The number of amidine groups is 1. The summed E-state index contributed by atoms with van der Waals surface area (Å²) in [6.45, 7) is 1.94. The van der Waals surface area contributed by atoms with Gasteiger partial charge in [0.1, 0.15) is 5.69 Å². The van der Waals surface area contributed by atoms with Crippen molar-refractivity contribution in [1.29, 1.82) is 0 Å². The van der Waals surface area contributed by atoms with E-state index in [0.717, 1.165) is 0 Å². The highest BCUT2D eigenvalue weighted by Crippen LogP contribution is 2.00. The van der Waals surface area contributed by atoms with Crippen molar-refractivity contribution in [3.63, 3.8) is 0 Å². The predicted molar refractivity (Wildman–Crippen MR) is 76.5 cm³/mol. The number of amides is 1. The number of rotatable bonds is 7. The number of carbonyl (C=O) groups excluding carboxylic acids is 1. The Bertz CT molecular complexity index is 612. The van der Waals surface area contributed by atoms with Crippen LogP contribution in [0, 0.1) is 0 Å². The molecule has 0 saturated heterocycles. The van der Waals surface area contributed by atoms with E-state index >= 15 is 0 Å². The van der Waals surface area contributed by atoms with Crippen LogP contribution in [0.4, 0.5) is 0 Å². The molecule has 5 N–H and O–H groups in total. The van der Waals surface area contributed by atoms with E-state index in [-0.39, 0.29) is 23.8 Å². The van der Waals surface area contributed by atoms with E-state index in [0.29, 0.717) is 12.1 Å². The molecule has 0 atom stereocenters. The minimum absolute atomic E-state index is 0.0299. The van der Waals surface area contributed by atoms with Crippen LogP contribution in [0.25, 0.3) is 0 Å². The predicted octanol–water partition coefficient (Wildman–Crippen LogP) is -1.15. The molecule has 116 valence electrons. The molecule has 1 rings (SSSR count). The summed E-state index contributed by atoms with van der Waals surface area (Å²) in [7, 11) is -3.38. The lowest BCUT2D eigenvalue weighted by molar-refractivity contribution is 0.0951. The van der Waals surface area contributed by atoms with Crippen molar-refractivity contribution in [3.8, 4) is 0 Å². The third kappa shape index (κ3) is 5.36. The average Bonchev–Trinajstić information content (AvgIpc) is 2.46. The van der Waals surface area contributed by atoms with E-state index < -0.39 is 15.9 Å². The van der Waals surface area contributed by atoms with Crippen molar-refractivity contribution < 1.29 is 18.4 Å². The normalized spacial score (nSPS) is 12.1. The third-order valence-corrected chi connectivity index (χ3v) is 3.89. The summed E-state index contributed by atoms with van der Waals surface area (Å²) in [6, 6.07) is 2.86. The van der Waals surface area contributed by atoms with Crippen LogP contribution >= 0.6 is 0 Å². The van der Waals surface area contributed by atoms with Crippen molar-refractivity contribution in [1.82, 2.24) is 15.0 Å². The van der Waals surface area contributed by atoms with Crippen LogP contribution in [0.15, 0.2) is 23.5 Å². The molecule has 10 heteroatoms. The number of pyridine rings is 1. The summed E-state index contributed by atoms with van der Waals surface area (Å²) < 4.78 is 25.1. The molecule has 1 aromatic rings. The van der Waals surface area contributed by atoms with Gasteiger partial charge in [0, 0.05) is 24.8 Å². The molecule has 1 aromatic heterocycles. The molecule has 1 amide bonds. The second-order valence-corrected chi connectivity index (χ2v) is 5.92. The highest BCUT2D eigenvalue weighted by Gasteiger charge is 2.11. The maximum Gasteiger partial charge on any atom is 0.269 e. The van der Waals surface area contributed by atoms with Crippen molar-refractivity contribution in [2.24, 2.45) is 10.9 Å². The number of oxime groups is 1. The van der Waals surface area contributed by atoms with Gasteiger partial charge in [0.05, 0.1) is 5.75 Å². The molecule has 21 heavy (non-hydrogen) atoms. The van der Waals surface area contributed by atoms with Gasteiger partial charge in [-0.2, -0.15) is 0 Å². The van der Waals surface area contributed by atoms with Gasteiger partial charge >= 0.3 is 0 Å². The molecule has 0 spiro atoms. The van der Waals surface area contributed by atoms with Crippen molar-refractivity contribution in [2.45, 2.75) is 6.92 Å². The van der Waals surface area contributed by atoms with Gasteiger partial charge in [0.25, 0.3) is 5.91 Å². The Morgan fingerprint density at radius 3 is 2.71 bits per heavy atom. The number of sulfonamides is 1. The monoisotopic (exact) mass is 315 g/mol. The lowest BCUT2D eigenvalue weighted by Gasteiger charge is -2.06. The fourth-order valence-electron chi connectivity index (χ4n) is 1.42. The van der Waals surface area contributed by atoms with E-state index in [4.69, 9.17) is 10.9 Å². The van der Waals surface area contributed by atoms with E-state index in [1.54, 1.807) is 6.92 Å². The van der Waals surface area contributed by atoms with Crippen molar-refractivity contribution >= 4 is 21.8 Å². The molecule has 0 aliphatic rings. The highest BCUT2D eigenvalue weighted by atomic mass is 32.2. The van der Waals surface area contributed by atoms with Crippen LogP contribution in [-0.2, 0) is 10.0 Å². The number of nitrogens with one attached hydrogen (secondary N) is 2. The quantitative estimate of drug-likeness (QED) is 0.216. The van der Waals surface area contributed by atoms with Crippen LogP contribution in [0.3, 0.4) is 0 Å². The number of hydrogen-bond acceptors (Lipinski definition) is 6. The van der Waals surface area contributed by atoms with Crippen molar-refractivity contribution in [3.05, 3.63) is 29.6 Å². The molecule has 0 aliphatic heterocycles. The summed E-state index contributed by atoms with van der Waals surface area (Å²) in [6.07, 6.45) is 1.28. The minimum Gasteiger partial charge on any atom is -0.409 e. The van der Waals surface area contributed by atoms with E-state index in [9.17, 15) is 13.2 Å². The zero-order valence-corrected chi connectivity index (χ0v) is 12.2.